The van der Waals surface area contributed by atoms with E-state index in [2.05, 4.69) is 20.5 Å². The fourth-order valence-corrected chi connectivity index (χ4v) is 4.17. The van der Waals surface area contributed by atoms with E-state index < -0.39 is 0 Å². The SMILES string of the molecule is Nc1ncc(-c2ccc(N3CCNCC3)cc2F)cc1C(=O)NC1CCCCC1. The van der Waals surface area contributed by atoms with Gasteiger partial charge >= 0.3 is 0 Å². The normalized spacial score (nSPS) is 17.9. The summed E-state index contributed by atoms with van der Waals surface area (Å²) >= 11 is 0. The maximum atomic E-state index is 14.9. The minimum absolute atomic E-state index is 0.167. The van der Waals surface area contributed by atoms with Crippen molar-refractivity contribution in [1.29, 1.82) is 0 Å². The first-order valence-electron chi connectivity index (χ1n) is 10.4. The second kappa shape index (κ2) is 8.78. The van der Waals surface area contributed by atoms with Crippen LogP contribution in [0.2, 0.25) is 0 Å². The number of aromatic nitrogens is 1. The number of carbonyl (C=O) groups is 1. The van der Waals surface area contributed by atoms with Crippen molar-refractivity contribution < 1.29 is 9.18 Å². The predicted molar refractivity (Wildman–Crippen MR) is 113 cm³/mol. The van der Waals surface area contributed by atoms with Crippen LogP contribution in [0.4, 0.5) is 15.9 Å². The number of carbonyl (C=O) groups excluding carboxylic acids is 1. The quantitative estimate of drug-likeness (QED) is 0.739. The van der Waals surface area contributed by atoms with Gasteiger partial charge in [0.15, 0.2) is 0 Å². The number of anilines is 2. The summed E-state index contributed by atoms with van der Waals surface area (Å²) in [7, 11) is 0. The molecule has 6 nitrogen and oxygen atoms in total. The molecule has 1 aromatic carbocycles. The lowest BCUT2D eigenvalue weighted by Crippen LogP contribution is -2.43. The lowest BCUT2D eigenvalue weighted by Gasteiger charge is -2.29. The predicted octanol–water partition coefficient (Wildman–Crippen LogP) is 2.94. The lowest BCUT2D eigenvalue weighted by molar-refractivity contribution is 0.0928. The molecular weight excluding hydrogens is 369 g/mol. The Bertz CT molecular complexity index is 876. The number of halogens is 1. The van der Waals surface area contributed by atoms with Gasteiger partial charge in [-0.25, -0.2) is 9.37 Å². The standard InChI is InChI=1S/C22H28FN5O/c23-20-13-17(28-10-8-25-9-11-28)6-7-18(20)15-12-19(21(24)26-14-15)22(29)27-16-4-2-1-3-5-16/h6-7,12-14,16,25H,1-5,8-11H2,(H2,24,26)(H,27,29). The van der Waals surface area contributed by atoms with Gasteiger partial charge in [0.1, 0.15) is 11.6 Å². The van der Waals surface area contributed by atoms with Crippen molar-refractivity contribution in [3.8, 4) is 11.1 Å². The van der Waals surface area contributed by atoms with Gasteiger partial charge in [-0.2, -0.15) is 0 Å². The molecule has 7 heteroatoms. The molecule has 4 N–H and O–H groups in total. The summed E-state index contributed by atoms with van der Waals surface area (Å²) in [5, 5.41) is 6.35. The first kappa shape index (κ1) is 19.6. The van der Waals surface area contributed by atoms with E-state index in [0.29, 0.717) is 16.7 Å². The molecule has 2 heterocycles. The molecular formula is C22H28FN5O. The number of pyridine rings is 1. The third-order valence-corrected chi connectivity index (χ3v) is 5.85. The zero-order valence-electron chi connectivity index (χ0n) is 16.6. The molecule has 2 fully saturated rings. The second-order valence-electron chi connectivity index (χ2n) is 7.87. The fraction of sp³-hybridized carbons (Fsp3) is 0.455. The number of nitrogen functional groups attached to an aromatic ring is 1. The summed E-state index contributed by atoms with van der Waals surface area (Å²) in [4.78, 5) is 19.0. The number of nitrogens with zero attached hydrogens (tertiary/aromatic N) is 2. The summed E-state index contributed by atoms with van der Waals surface area (Å²) in [5.74, 6) is -0.396. The zero-order valence-corrected chi connectivity index (χ0v) is 16.6. The monoisotopic (exact) mass is 397 g/mol. The van der Waals surface area contributed by atoms with Gasteiger partial charge in [-0.1, -0.05) is 19.3 Å². The Morgan fingerprint density at radius 2 is 1.93 bits per heavy atom. The molecule has 1 saturated carbocycles. The molecule has 1 aromatic heterocycles. The van der Waals surface area contributed by atoms with Crippen LogP contribution in [0.1, 0.15) is 42.5 Å². The van der Waals surface area contributed by atoms with Crippen molar-refractivity contribution in [2.45, 2.75) is 38.1 Å². The maximum absolute atomic E-state index is 14.9. The number of hydrogen-bond acceptors (Lipinski definition) is 5. The molecule has 0 spiro atoms. The first-order chi connectivity index (χ1) is 14.1. The van der Waals surface area contributed by atoms with E-state index >= 15 is 0 Å². The van der Waals surface area contributed by atoms with Crippen molar-refractivity contribution in [2.24, 2.45) is 0 Å². The van der Waals surface area contributed by atoms with Gasteiger partial charge in [-0.3, -0.25) is 4.79 Å². The van der Waals surface area contributed by atoms with E-state index in [-0.39, 0.29) is 23.6 Å². The molecule has 154 valence electrons. The van der Waals surface area contributed by atoms with Crippen LogP contribution in [-0.4, -0.2) is 43.1 Å². The Hall–Kier alpha value is -2.67. The number of hydrogen-bond donors (Lipinski definition) is 3. The highest BCUT2D eigenvalue weighted by Gasteiger charge is 2.20. The van der Waals surface area contributed by atoms with Crippen molar-refractivity contribution >= 4 is 17.4 Å². The lowest BCUT2D eigenvalue weighted by atomic mass is 9.95. The van der Waals surface area contributed by atoms with Crippen molar-refractivity contribution in [3.63, 3.8) is 0 Å². The Morgan fingerprint density at radius 3 is 2.66 bits per heavy atom. The summed E-state index contributed by atoms with van der Waals surface area (Å²) < 4.78 is 14.9. The maximum Gasteiger partial charge on any atom is 0.255 e. The van der Waals surface area contributed by atoms with Crippen LogP contribution < -0.4 is 21.3 Å². The smallest absolute Gasteiger partial charge is 0.255 e. The Kier molecular flexibility index (Phi) is 5.94. The van der Waals surface area contributed by atoms with Gasteiger partial charge < -0.3 is 21.3 Å². The highest BCUT2D eigenvalue weighted by Crippen LogP contribution is 2.28. The fourth-order valence-electron chi connectivity index (χ4n) is 4.17. The van der Waals surface area contributed by atoms with Crippen LogP contribution in [-0.2, 0) is 0 Å². The number of amides is 1. The van der Waals surface area contributed by atoms with Crippen molar-refractivity contribution in [3.05, 3.63) is 41.8 Å². The largest absolute Gasteiger partial charge is 0.383 e. The topological polar surface area (TPSA) is 83.3 Å². The Balaban J connectivity index is 1.55. The van der Waals surface area contributed by atoms with Gasteiger partial charge in [0.2, 0.25) is 0 Å². The number of rotatable bonds is 4. The van der Waals surface area contributed by atoms with Crippen LogP contribution >= 0.6 is 0 Å². The molecule has 29 heavy (non-hydrogen) atoms. The van der Waals surface area contributed by atoms with Crippen molar-refractivity contribution in [2.75, 3.05) is 36.8 Å². The Labute approximate surface area is 170 Å². The van der Waals surface area contributed by atoms with E-state index in [1.165, 1.54) is 12.6 Å². The molecule has 1 saturated heterocycles. The van der Waals surface area contributed by atoms with Gasteiger partial charge in [0.05, 0.1) is 5.56 Å². The summed E-state index contributed by atoms with van der Waals surface area (Å²) in [5.41, 5.74) is 8.10. The number of nitrogens with one attached hydrogen (secondary N) is 2. The summed E-state index contributed by atoms with van der Waals surface area (Å²) in [6.45, 7) is 3.50. The van der Waals surface area contributed by atoms with Crippen LogP contribution in [0.25, 0.3) is 11.1 Å². The molecule has 1 aliphatic carbocycles. The summed E-state index contributed by atoms with van der Waals surface area (Å²) in [6, 6.07) is 7.04. The second-order valence-corrected chi connectivity index (χ2v) is 7.87. The molecule has 2 aliphatic rings. The molecule has 0 atom stereocenters. The van der Waals surface area contributed by atoms with E-state index in [4.69, 9.17) is 5.73 Å². The first-order valence-corrected chi connectivity index (χ1v) is 10.4. The minimum atomic E-state index is -0.328. The van der Waals surface area contributed by atoms with Crippen LogP contribution in [0, 0.1) is 5.82 Å². The van der Waals surface area contributed by atoms with Crippen molar-refractivity contribution in [1.82, 2.24) is 15.6 Å². The number of benzene rings is 1. The average molecular weight is 397 g/mol. The Morgan fingerprint density at radius 1 is 1.17 bits per heavy atom. The molecule has 0 radical (unpaired) electrons. The van der Waals surface area contributed by atoms with Gasteiger partial charge in [-0.05, 0) is 37.1 Å². The van der Waals surface area contributed by atoms with Crippen LogP contribution in [0.5, 0.6) is 0 Å². The average Bonchev–Trinajstić information content (AvgIpc) is 2.75. The third-order valence-electron chi connectivity index (χ3n) is 5.85. The third kappa shape index (κ3) is 4.50. The van der Waals surface area contributed by atoms with E-state index in [1.54, 1.807) is 18.2 Å². The van der Waals surface area contributed by atoms with E-state index in [9.17, 15) is 9.18 Å². The zero-order chi connectivity index (χ0) is 20.2. The highest BCUT2D eigenvalue weighted by molar-refractivity contribution is 5.99. The van der Waals surface area contributed by atoms with Crippen LogP contribution in [0.15, 0.2) is 30.5 Å². The van der Waals surface area contributed by atoms with E-state index in [0.717, 1.165) is 57.5 Å². The molecule has 1 amide bonds. The minimum Gasteiger partial charge on any atom is -0.383 e. The molecule has 0 unspecified atom stereocenters. The summed E-state index contributed by atoms with van der Waals surface area (Å²) in [6.07, 6.45) is 6.97. The highest BCUT2D eigenvalue weighted by atomic mass is 19.1. The van der Waals surface area contributed by atoms with E-state index in [1.807, 2.05) is 6.07 Å². The van der Waals surface area contributed by atoms with Gasteiger partial charge in [0.25, 0.3) is 5.91 Å². The van der Waals surface area contributed by atoms with Gasteiger partial charge in [-0.15, -0.1) is 0 Å². The number of piperazine rings is 1. The van der Waals surface area contributed by atoms with Gasteiger partial charge in [0, 0.05) is 55.2 Å². The molecule has 2 aromatic rings. The molecule has 4 rings (SSSR count). The van der Waals surface area contributed by atoms with Crippen LogP contribution in [0.3, 0.4) is 0 Å². The molecule has 0 bridgehead atoms. The number of nitrogens with two attached hydrogens (primary N) is 1. The molecule has 1 aliphatic heterocycles.